The summed E-state index contributed by atoms with van der Waals surface area (Å²) in [6.07, 6.45) is 5.19. The number of carbonyl (C=O) groups excluding carboxylic acids is 1. The molecule has 0 radical (unpaired) electrons. The molecule has 0 bridgehead atoms. The van der Waals surface area contributed by atoms with Crippen molar-refractivity contribution >= 4 is 17.7 Å². The van der Waals surface area contributed by atoms with Gasteiger partial charge in [0.15, 0.2) is 11.5 Å². The van der Waals surface area contributed by atoms with Crippen LogP contribution in [-0.2, 0) is 6.54 Å². The van der Waals surface area contributed by atoms with E-state index in [1.165, 1.54) is 31.4 Å². The molecule has 2 aromatic carbocycles. The van der Waals surface area contributed by atoms with Crippen LogP contribution in [0.4, 0.5) is 8.78 Å². The van der Waals surface area contributed by atoms with Crippen LogP contribution in [0.5, 0.6) is 11.5 Å². The Labute approximate surface area is 154 Å². The molecule has 7 heteroatoms. The van der Waals surface area contributed by atoms with Crippen LogP contribution in [0.1, 0.15) is 15.9 Å². The SMILES string of the molecule is C#CCOc1cc(CNC(=O)c2ccc(SC(F)F)cc2)ccc1OC. The minimum Gasteiger partial charge on any atom is -0.493 e. The van der Waals surface area contributed by atoms with Gasteiger partial charge in [0.1, 0.15) is 6.61 Å². The van der Waals surface area contributed by atoms with Gasteiger partial charge >= 0.3 is 0 Å². The monoisotopic (exact) mass is 377 g/mol. The highest BCUT2D eigenvalue weighted by atomic mass is 32.2. The fourth-order valence-electron chi connectivity index (χ4n) is 2.14. The lowest BCUT2D eigenvalue weighted by Gasteiger charge is -2.11. The molecule has 0 fully saturated rings. The lowest BCUT2D eigenvalue weighted by Crippen LogP contribution is -2.22. The molecule has 1 amide bonds. The summed E-state index contributed by atoms with van der Waals surface area (Å²) in [7, 11) is 1.52. The molecule has 0 aliphatic heterocycles. The summed E-state index contributed by atoms with van der Waals surface area (Å²) in [5.74, 6) is 0.619. The maximum absolute atomic E-state index is 12.3. The van der Waals surface area contributed by atoms with E-state index in [4.69, 9.17) is 15.9 Å². The van der Waals surface area contributed by atoms with Crippen molar-refractivity contribution in [3.05, 3.63) is 53.6 Å². The second-order valence-corrected chi connectivity index (χ2v) is 6.13. The predicted molar refractivity (Wildman–Crippen MR) is 96.8 cm³/mol. The van der Waals surface area contributed by atoms with E-state index in [0.29, 0.717) is 33.7 Å². The first-order valence-electron chi connectivity index (χ1n) is 7.59. The first-order valence-corrected chi connectivity index (χ1v) is 8.47. The van der Waals surface area contributed by atoms with Crippen molar-refractivity contribution in [3.63, 3.8) is 0 Å². The molecular formula is C19H17F2NO3S. The molecule has 4 nitrogen and oxygen atoms in total. The Morgan fingerprint density at radius 3 is 2.58 bits per heavy atom. The lowest BCUT2D eigenvalue weighted by molar-refractivity contribution is 0.0951. The molecule has 0 saturated heterocycles. The fraction of sp³-hybridized carbons (Fsp3) is 0.211. The minimum absolute atomic E-state index is 0.106. The van der Waals surface area contributed by atoms with Crippen molar-refractivity contribution in [2.75, 3.05) is 13.7 Å². The third kappa shape index (κ3) is 5.67. The number of alkyl halides is 2. The summed E-state index contributed by atoms with van der Waals surface area (Å²) in [4.78, 5) is 12.6. The molecule has 0 atom stereocenters. The van der Waals surface area contributed by atoms with Crippen molar-refractivity contribution in [1.82, 2.24) is 5.32 Å². The number of methoxy groups -OCH3 is 1. The summed E-state index contributed by atoms with van der Waals surface area (Å²) in [6, 6.07) is 11.3. The molecular weight excluding hydrogens is 360 g/mol. The van der Waals surface area contributed by atoms with Crippen LogP contribution in [0.25, 0.3) is 0 Å². The smallest absolute Gasteiger partial charge is 0.288 e. The number of rotatable bonds is 8. The number of hydrogen-bond acceptors (Lipinski definition) is 4. The van der Waals surface area contributed by atoms with Gasteiger partial charge in [-0.3, -0.25) is 4.79 Å². The van der Waals surface area contributed by atoms with Crippen molar-refractivity contribution in [3.8, 4) is 23.8 Å². The highest BCUT2D eigenvalue weighted by molar-refractivity contribution is 7.99. The second-order valence-electron chi connectivity index (χ2n) is 5.06. The van der Waals surface area contributed by atoms with Crippen LogP contribution in [0.2, 0.25) is 0 Å². The van der Waals surface area contributed by atoms with Crippen molar-refractivity contribution in [2.45, 2.75) is 17.2 Å². The van der Waals surface area contributed by atoms with Gasteiger partial charge in [-0.2, -0.15) is 8.78 Å². The molecule has 2 aromatic rings. The summed E-state index contributed by atoms with van der Waals surface area (Å²) >= 11 is 0.436. The zero-order valence-corrected chi connectivity index (χ0v) is 14.8. The number of amides is 1. The highest BCUT2D eigenvalue weighted by Gasteiger charge is 2.10. The molecule has 0 saturated carbocycles. The average Bonchev–Trinajstić information content (AvgIpc) is 2.64. The summed E-state index contributed by atoms with van der Waals surface area (Å²) in [5.41, 5.74) is 1.19. The Morgan fingerprint density at radius 1 is 1.23 bits per heavy atom. The molecule has 1 N–H and O–H groups in total. The number of hydrogen-bond donors (Lipinski definition) is 1. The predicted octanol–water partition coefficient (Wildman–Crippen LogP) is 3.95. The van der Waals surface area contributed by atoms with Crippen molar-refractivity contribution < 1.29 is 23.0 Å². The molecule has 0 aromatic heterocycles. The van der Waals surface area contributed by atoms with E-state index in [1.807, 2.05) is 0 Å². The topological polar surface area (TPSA) is 47.6 Å². The van der Waals surface area contributed by atoms with Gasteiger partial charge in [0.2, 0.25) is 0 Å². The van der Waals surface area contributed by atoms with E-state index in [2.05, 4.69) is 11.2 Å². The van der Waals surface area contributed by atoms with Crippen molar-refractivity contribution in [2.24, 2.45) is 0 Å². The van der Waals surface area contributed by atoms with E-state index in [0.717, 1.165) is 5.56 Å². The fourth-order valence-corrected chi connectivity index (χ4v) is 2.63. The quantitative estimate of drug-likeness (QED) is 0.559. The number of benzene rings is 2. The highest BCUT2D eigenvalue weighted by Crippen LogP contribution is 2.28. The van der Waals surface area contributed by atoms with Gasteiger partial charge < -0.3 is 14.8 Å². The minimum atomic E-state index is -2.49. The Balaban J connectivity index is 1.99. The maximum atomic E-state index is 12.3. The summed E-state index contributed by atoms with van der Waals surface area (Å²) in [6.45, 7) is 0.373. The van der Waals surface area contributed by atoms with Gasteiger partial charge in [-0.1, -0.05) is 23.7 Å². The Kier molecular flexibility index (Phi) is 7.30. The third-order valence-corrected chi connectivity index (χ3v) is 4.06. The number of ether oxygens (including phenoxy) is 2. The molecule has 0 unspecified atom stereocenters. The van der Waals surface area contributed by atoms with Crippen LogP contribution in [0.15, 0.2) is 47.4 Å². The zero-order valence-electron chi connectivity index (χ0n) is 14.0. The van der Waals surface area contributed by atoms with E-state index >= 15 is 0 Å². The molecule has 2 rings (SSSR count). The molecule has 0 heterocycles. The van der Waals surface area contributed by atoms with Crippen molar-refractivity contribution in [1.29, 1.82) is 0 Å². The Morgan fingerprint density at radius 2 is 1.96 bits per heavy atom. The first-order chi connectivity index (χ1) is 12.5. The van der Waals surface area contributed by atoms with Crippen LogP contribution >= 0.6 is 11.8 Å². The number of terminal acetylenes is 1. The third-order valence-electron chi connectivity index (χ3n) is 3.33. The van der Waals surface area contributed by atoms with Gasteiger partial charge in [0, 0.05) is 17.0 Å². The Bertz CT molecular complexity index is 788. The van der Waals surface area contributed by atoms with Crippen LogP contribution in [0.3, 0.4) is 0 Å². The molecule has 0 aliphatic carbocycles. The van der Waals surface area contributed by atoms with Gasteiger partial charge in [-0.25, -0.2) is 0 Å². The molecule has 136 valence electrons. The van der Waals surface area contributed by atoms with Gasteiger partial charge in [0.25, 0.3) is 11.7 Å². The largest absolute Gasteiger partial charge is 0.493 e. The molecule has 0 aliphatic rings. The second kappa shape index (κ2) is 9.68. The van der Waals surface area contributed by atoms with Gasteiger partial charge in [-0.05, 0) is 42.0 Å². The standard InChI is InChI=1S/C19H17F2NO3S/c1-3-10-25-17-11-13(4-9-16(17)24-2)12-22-18(23)14-5-7-15(8-6-14)26-19(20)21/h1,4-9,11,19H,10,12H2,2H3,(H,22,23). The lowest BCUT2D eigenvalue weighted by atomic mass is 10.1. The normalized spacial score (nSPS) is 10.3. The zero-order chi connectivity index (χ0) is 18.9. The molecule has 26 heavy (non-hydrogen) atoms. The van der Waals surface area contributed by atoms with Crippen LogP contribution in [-0.4, -0.2) is 25.4 Å². The first kappa shape index (κ1) is 19.6. The van der Waals surface area contributed by atoms with Gasteiger partial charge in [0.05, 0.1) is 7.11 Å². The maximum Gasteiger partial charge on any atom is 0.288 e. The average molecular weight is 377 g/mol. The summed E-state index contributed by atoms with van der Waals surface area (Å²) in [5, 5.41) is 2.77. The number of carbonyl (C=O) groups is 1. The van der Waals surface area contributed by atoms with E-state index < -0.39 is 5.76 Å². The van der Waals surface area contributed by atoms with Crippen LogP contribution < -0.4 is 14.8 Å². The van der Waals surface area contributed by atoms with E-state index in [1.54, 1.807) is 18.2 Å². The number of nitrogens with one attached hydrogen (secondary N) is 1. The molecule has 0 spiro atoms. The number of thioether (sulfide) groups is 1. The van der Waals surface area contributed by atoms with E-state index in [9.17, 15) is 13.6 Å². The van der Waals surface area contributed by atoms with Gasteiger partial charge in [-0.15, -0.1) is 6.42 Å². The Hall–Kier alpha value is -2.72. The summed E-state index contributed by atoms with van der Waals surface area (Å²) < 4.78 is 35.2. The van der Waals surface area contributed by atoms with E-state index in [-0.39, 0.29) is 19.1 Å². The number of halogens is 2. The van der Waals surface area contributed by atoms with Crippen LogP contribution in [0, 0.1) is 12.3 Å².